The Hall–Kier alpha value is -1.23. The van der Waals surface area contributed by atoms with Gasteiger partial charge in [0, 0.05) is 16.4 Å². The first-order valence-electron chi connectivity index (χ1n) is 7.51. The molecule has 0 saturated heterocycles. The minimum Gasteiger partial charge on any atom is -0.464 e. The lowest BCUT2D eigenvalue weighted by Crippen LogP contribution is -2.41. The second-order valence-electron chi connectivity index (χ2n) is 6.16. The first-order valence-corrected chi connectivity index (χ1v) is 8.30. The summed E-state index contributed by atoms with van der Waals surface area (Å²) in [7, 11) is 0. The largest absolute Gasteiger partial charge is 0.464 e. The molecule has 1 heterocycles. The lowest BCUT2D eigenvalue weighted by atomic mass is 10.3. The molecule has 3 rings (SSSR count). The molecule has 2 atom stereocenters. The summed E-state index contributed by atoms with van der Waals surface area (Å²) in [5.74, 6) is 3.27. The van der Waals surface area contributed by atoms with Crippen molar-refractivity contribution in [3.05, 3.63) is 34.7 Å². The Morgan fingerprint density at radius 3 is 2.81 bits per heavy atom. The molecule has 5 heteroatoms. The van der Waals surface area contributed by atoms with Gasteiger partial charge in [0.05, 0.1) is 13.1 Å². The third-order valence-electron chi connectivity index (χ3n) is 4.16. The molecule has 2 saturated carbocycles. The van der Waals surface area contributed by atoms with Gasteiger partial charge in [-0.3, -0.25) is 0 Å². The van der Waals surface area contributed by atoms with E-state index in [1.807, 2.05) is 11.0 Å². The summed E-state index contributed by atoms with van der Waals surface area (Å²) in [6, 6.07) is 4.37. The van der Waals surface area contributed by atoms with Gasteiger partial charge in [0.25, 0.3) is 0 Å². The van der Waals surface area contributed by atoms with E-state index in [4.69, 9.17) is 4.42 Å². The fraction of sp³-hybridized carbons (Fsp3) is 0.562. The fourth-order valence-corrected chi connectivity index (χ4v) is 2.73. The van der Waals surface area contributed by atoms with Crippen LogP contribution in [-0.4, -0.2) is 23.5 Å². The van der Waals surface area contributed by atoms with Crippen LogP contribution in [0, 0.1) is 5.92 Å². The van der Waals surface area contributed by atoms with E-state index in [0.29, 0.717) is 25.0 Å². The van der Waals surface area contributed by atoms with Crippen molar-refractivity contribution in [2.75, 3.05) is 6.54 Å². The van der Waals surface area contributed by atoms with Crippen LogP contribution in [0.3, 0.4) is 0 Å². The summed E-state index contributed by atoms with van der Waals surface area (Å²) in [4.78, 5) is 14.1. The average Bonchev–Trinajstić information content (AvgIpc) is 3.35. The highest BCUT2D eigenvalue weighted by Crippen LogP contribution is 2.47. The smallest absolute Gasteiger partial charge is 0.318 e. The zero-order valence-electron chi connectivity index (χ0n) is 12.3. The molecule has 0 bridgehead atoms. The molecule has 0 radical (unpaired) electrons. The van der Waals surface area contributed by atoms with Crippen LogP contribution in [0.25, 0.3) is 0 Å². The van der Waals surface area contributed by atoms with Gasteiger partial charge in [-0.05, 0) is 37.3 Å². The average molecular weight is 353 g/mol. The van der Waals surface area contributed by atoms with Crippen molar-refractivity contribution in [2.45, 2.75) is 44.7 Å². The predicted molar refractivity (Wildman–Crippen MR) is 85.3 cm³/mol. The highest BCUT2D eigenvalue weighted by atomic mass is 79.9. The molecule has 114 valence electrons. The molecule has 4 nitrogen and oxygen atoms in total. The third kappa shape index (κ3) is 3.70. The summed E-state index contributed by atoms with van der Waals surface area (Å²) in [5.41, 5.74) is 0. The maximum Gasteiger partial charge on any atom is 0.318 e. The van der Waals surface area contributed by atoms with Gasteiger partial charge in [-0.2, -0.15) is 0 Å². The van der Waals surface area contributed by atoms with Gasteiger partial charge in [0.2, 0.25) is 0 Å². The maximum absolute atomic E-state index is 12.2. The normalized spacial score (nSPS) is 23.7. The first kappa shape index (κ1) is 14.7. The standard InChI is InChI=1S/C16H21BrN2O2/c1-10-7-14(10)15-6-5-13(21-15)9-19(12-3-4-12)16(20)18-8-11(2)17/h5-6,10,12,14H,2-4,7-9H2,1H3,(H,18,20). The van der Waals surface area contributed by atoms with Crippen LogP contribution in [0.2, 0.25) is 0 Å². The van der Waals surface area contributed by atoms with Crippen LogP contribution < -0.4 is 5.32 Å². The molecule has 2 aliphatic carbocycles. The SMILES string of the molecule is C=C(Br)CNC(=O)N(Cc1ccc(C2CC2C)o1)C1CC1. The minimum atomic E-state index is -0.0455. The number of nitrogens with one attached hydrogen (secondary N) is 1. The molecule has 0 aromatic carbocycles. The Kier molecular flexibility index (Phi) is 4.11. The Morgan fingerprint density at radius 1 is 1.52 bits per heavy atom. The molecule has 2 unspecified atom stereocenters. The van der Waals surface area contributed by atoms with Crippen LogP contribution in [-0.2, 0) is 6.54 Å². The van der Waals surface area contributed by atoms with Gasteiger partial charge in [-0.25, -0.2) is 4.79 Å². The number of nitrogens with zero attached hydrogens (tertiary/aromatic N) is 1. The number of carbonyl (C=O) groups is 1. The van der Waals surface area contributed by atoms with Crippen molar-refractivity contribution >= 4 is 22.0 Å². The number of furan rings is 1. The van der Waals surface area contributed by atoms with Gasteiger partial charge in [-0.15, -0.1) is 0 Å². The van der Waals surface area contributed by atoms with E-state index in [-0.39, 0.29) is 6.03 Å². The summed E-state index contributed by atoms with van der Waals surface area (Å²) < 4.78 is 6.69. The first-order chi connectivity index (χ1) is 10.0. The van der Waals surface area contributed by atoms with Crippen molar-refractivity contribution in [2.24, 2.45) is 5.92 Å². The summed E-state index contributed by atoms with van der Waals surface area (Å²) in [6.07, 6.45) is 3.37. The van der Waals surface area contributed by atoms with E-state index >= 15 is 0 Å². The van der Waals surface area contributed by atoms with Gasteiger partial charge in [0.1, 0.15) is 11.5 Å². The van der Waals surface area contributed by atoms with Gasteiger partial charge >= 0.3 is 6.03 Å². The molecule has 2 aliphatic rings. The zero-order valence-corrected chi connectivity index (χ0v) is 13.9. The molecule has 21 heavy (non-hydrogen) atoms. The van der Waals surface area contributed by atoms with Crippen molar-refractivity contribution in [1.82, 2.24) is 10.2 Å². The number of rotatable bonds is 6. The lowest BCUT2D eigenvalue weighted by Gasteiger charge is -2.21. The van der Waals surface area contributed by atoms with E-state index in [1.54, 1.807) is 0 Å². The van der Waals surface area contributed by atoms with E-state index < -0.39 is 0 Å². The van der Waals surface area contributed by atoms with Crippen LogP contribution in [0.4, 0.5) is 4.79 Å². The summed E-state index contributed by atoms with van der Waals surface area (Å²) in [5, 5.41) is 2.87. The van der Waals surface area contributed by atoms with Crippen molar-refractivity contribution in [3.8, 4) is 0 Å². The molecule has 1 aromatic heterocycles. The van der Waals surface area contributed by atoms with Crippen molar-refractivity contribution in [1.29, 1.82) is 0 Å². The monoisotopic (exact) mass is 352 g/mol. The van der Waals surface area contributed by atoms with E-state index in [1.165, 1.54) is 6.42 Å². The number of halogens is 1. The number of urea groups is 1. The Balaban J connectivity index is 1.60. The Morgan fingerprint density at radius 2 is 2.24 bits per heavy atom. The molecular formula is C16H21BrN2O2. The molecule has 0 aliphatic heterocycles. The molecule has 2 amide bonds. The van der Waals surface area contributed by atoms with Crippen LogP contribution >= 0.6 is 15.9 Å². The second kappa shape index (κ2) is 5.87. The second-order valence-corrected chi connectivity index (χ2v) is 7.28. The van der Waals surface area contributed by atoms with E-state index in [9.17, 15) is 4.79 Å². The predicted octanol–water partition coefficient (Wildman–Crippen LogP) is 3.99. The Labute approximate surface area is 133 Å². The number of hydrogen-bond donors (Lipinski definition) is 1. The van der Waals surface area contributed by atoms with Crippen LogP contribution in [0.5, 0.6) is 0 Å². The molecule has 0 spiro atoms. The van der Waals surface area contributed by atoms with Crippen LogP contribution in [0.1, 0.15) is 43.6 Å². The number of hydrogen-bond acceptors (Lipinski definition) is 2. The Bertz CT molecular complexity index is 550. The molecule has 1 N–H and O–H groups in total. The number of amides is 2. The highest BCUT2D eigenvalue weighted by molar-refractivity contribution is 9.11. The zero-order chi connectivity index (χ0) is 15.0. The topological polar surface area (TPSA) is 45.5 Å². The molecular weight excluding hydrogens is 332 g/mol. The minimum absolute atomic E-state index is 0.0455. The van der Waals surface area contributed by atoms with E-state index in [0.717, 1.165) is 34.8 Å². The lowest BCUT2D eigenvalue weighted by molar-refractivity contribution is 0.187. The van der Waals surface area contributed by atoms with E-state index in [2.05, 4.69) is 40.8 Å². The fourth-order valence-electron chi connectivity index (χ4n) is 2.59. The van der Waals surface area contributed by atoms with Gasteiger partial charge in [0.15, 0.2) is 0 Å². The maximum atomic E-state index is 12.2. The molecule has 2 fully saturated rings. The highest BCUT2D eigenvalue weighted by Gasteiger charge is 2.37. The van der Waals surface area contributed by atoms with Crippen molar-refractivity contribution < 1.29 is 9.21 Å². The third-order valence-corrected chi connectivity index (χ3v) is 4.44. The van der Waals surface area contributed by atoms with Gasteiger partial charge < -0.3 is 14.6 Å². The van der Waals surface area contributed by atoms with Crippen LogP contribution in [0.15, 0.2) is 27.6 Å². The summed E-state index contributed by atoms with van der Waals surface area (Å²) in [6.45, 7) is 6.97. The number of carbonyl (C=O) groups excluding carboxylic acids is 1. The van der Waals surface area contributed by atoms with Crippen molar-refractivity contribution in [3.63, 3.8) is 0 Å². The molecule has 1 aromatic rings. The van der Waals surface area contributed by atoms with Gasteiger partial charge in [-0.1, -0.05) is 29.4 Å². The summed E-state index contributed by atoms with van der Waals surface area (Å²) >= 11 is 3.26. The quantitative estimate of drug-likeness (QED) is 0.841.